The number of aliphatic hydroxyl groups is 2. The number of benzene rings is 1. The van der Waals surface area contributed by atoms with Crippen molar-refractivity contribution in [2.45, 2.75) is 45.0 Å². The second kappa shape index (κ2) is 8.59. The van der Waals surface area contributed by atoms with Gasteiger partial charge in [-0.05, 0) is 38.8 Å². The number of carbonyl (C=O) groups is 2. The molecule has 0 aromatic heterocycles. The minimum Gasteiger partial charge on any atom is -0.444 e. The number of hydrogen-bond acceptors (Lipinski definition) is 7. The lowest BCUT2D eigenvalue weighted by molar-refractivity contribution is -0.385. The van der Waals surface area contributed by atoms with Gasteiger partial charge in [0.2, 0.25) is 5.91 Å². The number of ether oxygens (including phenoxy) is 1. The van der Waals surface area contributed by atoms with Crippen molar-refractivity contribution in [2.24, 2.45) is 5.73 Å². The molecule has 2 atom stereocenters. The van der Waals surface area contributed by atoms with Crippen molar-refractivity contribution in [1.29, 1.82) is 0 Å². The van der Waals surface area contributed by atoms with Crippen LogP contribution in [0.5, 0.6) is 0 Å². The Balaban J connectivity index is 2.76. The molecule has 0 saturated carbocycles. The summed E-state index contributed by atoms with van der Waals surface area (Å²) in [6, 6.07) is 3.20. The van der Waals surface area contributed by atoms with E-state index in [4.69, 9.17) is 10.5 Å². The summed E-state index contributed by atoms with van der Waals surface area (Å²) >= 11 is 0. The van der Waals surface area contributed by atoms with Gasteiger partial charge in [-0.25, -0.2) is 4.79 Å². The molecule has 2 unspecified atom stereocenters. The molecule has 26 heavy (non-hydrogen) atoms. The standard InChI is InChI=1S/C16H23N3O7/c1-16(2,3)26-15(23)18-5-4-12(20)13(21)9-6-10(14(17)22)8-11(7-9)19(24)25/h6-8,12-13,20-21H,4-5H2,1-3H3,(H2,17,22)(H,18,23). The third kappa shape index (κ3) is 6.65. The molecule has 0 saturated heterocycles. The number of hydrogen-bond donors (Lipinski definition) is 4. The number of nitro benzene ring substituents is 1. The first-order valence-electron chi connectivity index (χ1n) is 7.83. The molecule has 1 aromatic carbocycles. The highest BCUT2D eigenvalue weighted by Crippen LogP contribution is 2.25. The Hall–Kier alpha value is -2.72. The van der Waals surface area contributed by atoms with E-state index in [0.717, 1.165) is 12.1 Å². The quantitative estimate of drug-likeness (QED) is 0.411. The molecule has 0 bridgehead atoms. The van der Waals surface area contributed by atoms with Crippen molar-refractivity contribution < 1.29 is 29.5 Å². The zero-order valence-electron chi connectivity index (χ0n) is 14.8. The topological polar surface area (TPSA) is 165 Å². The van der Waals surface area contributed by atoms with Crippen LogP contribution in [0.1, 0.15) is 49.2 Å². The van der Waals surface area contributed by atoms with E-state index in [2.05, 4.69) is 5.32 Å². The molecule has 0 aliphatic rings. The Labute approximate surface area is 150 Å². The van der Waals surface area contributed by atoms with Gasteiger partial charge in [0, 0.05) is 24.2 Å². The third-order valence-electron chi connectivity index (χ3n) is 3.25. The van der Waals surface area contributed by atoms with Crippen molar-refractivity contribution in [3.05, 3.63) is 39.4 Å². The first kappa shape index (κ1) is 21.3. The molecule has 0 heterocycles. The highest BCUT2D eigenvalue weighted by molar-refractivity contribution is 5.93. The van der Waals surface area contributed by atoms with Gasteiger partial charge in [-0.2, -0.15) is 0 Å². The van der Waals surface area contributed by atoms with Crippen LogP contribution >= 0.6 is 0 Å². The fraction of sp³-hybridized carbons (Fsp3) is 0.500. The summed E-state index contributed by atoms with van der Waals surface area (Å²) in [5.74, 6) is -0.900. The van der Waals surface area contributed by atoms with E-state index in [9.17, 15) is 29.9 Å². The number of alkyl carbamates (subject to hydrolysis) is 1. The molecule has 2 amide bonds. The molecule has 0 spiro atoms. The van der Waals surface area contributed by atoms with Gasteiger partial charge < -0.3 is 26.0 Å². The van der Waals surface area contributed by atoms with Gasteiger partial charge in [0.15, 0.2) is 0 Å². The van der Waals surface area contributed by atoms with Gasteiger partial charge in [-0.1, -0.05) is 0 Å². The SMILES string of the molecule is CC(C)(C)OC(=O)NCCC(O)C(O)c1cc(C(N)=O)cc([N+](=O)[O-])c1. The summed E-state index contributed by atoms with van der Waals surface area (Å²) in [5, 5.41) is 33.6. The summed E-state index contributed by atoms with van der Waals surface area (Å²) in [6.45, 7) is 5.10. The second-order valence-corrected chi connectivity index (χ2v) is 6.66. The van der Waals surface area contributed by atoms with Crippen LogP contribution in [0.3, 0.4) is 0 Å². The summed E-state index contributed by atoms with van der Waals surface area (Å²) in [5.41, 5.74) is 3.83. The fourth-order valence-corrected chi connectivity index (χ4v) is 2.07. The number of nitrogens with one attached hydrogen (secondary N) is 1. The van der Waals surface area contributed by atoms with Crippen molar-refractivity contribution in [2.75, 3.05) is 6.54 Å². The van der Waals surface area contributed by atoms with Crippen molar-refractivity contribution >= 4 is 17.7 Å². The van der Waals surface area contributed by atoms with E-state index in [-0.39, 0.29) is 24.1 Å². The number of amides is 2. The largest absolute Gasteiger partial charge is 0.444 e. The average molecular weight is 369 g/mol. The number of carbonyl (C=O) groups excluding carboxylic acids is 2. The molecule has 10 nitrogen and oxygen atoms in total. The van der Waals surface area contributed by atoms with Gasteiger partial charge in [-0.15, -0.1) is 0 Å². The molecule has 10 heteroatoms. The van der Waals surface area contributed by atoms with Crippen molar-refractivity contribution in [1.82, 2.24) is 5.32 Å². The molecule has 1 aromatic rings. The highest BCUT2D eigenvalue weighted by Gasteiger charge is 2.23. The van der Waals surface area contributed by atoms with Crippen molar-refractivity contribution in [3.8, 4) is 0 Å². The van der Waals surface area contributed by atoms with Crippen LogP contribution in [0.4, 0.5) is 10.5 Å². The van der Waals surface area contributed by atoms with Crippen LogP contribution in [0.2, 0.25) is 0 Å². The number of rotatable bonds is 7. The lowest BCUT2D eigenvalue weighted by atomic mass is 9.99. The van der Waals surface area contributed by atoms with E-state index in [0.29, 0.717) is 0 Å². The zero-order chi connectivity index (χ0) is 20.1. The minimum absolute atomic E-state index is 0.00471. The summed E-state index contributed by atoms with van der Waals surface area (Å²) in [4.78, 5) is 33.0. The number of non-ortho nitro benzene ring substituents is 1. The number of nitrogens with two attached hydrogens (primary N) is 1. The van der Waals surface area contributed by atoms with Crippen molar-refractivity contribution in [3.63, 3.8) is 0 Å². The van der Waals surface area contributed by atoms with E-state index in [1.807, 2.05) is 0 Å². The molecule has 1 rings (SSSR count). The Morgan fingerprint density at radius 1 is 1.31 bits per heavy atom. The maximum absolute atomic E-state index is 11.5. The Morgan fingerprint density at radius 3 is 2.42 bits per heavy atom. The Morgan fingerprint density at radius 2 is 1.92 bits per heavy atom. The molecular weight excluding hydrogens is 346 g/mol. The van der Waals surface area contributed by atoms with E-state index >= 15 is 0 Å². The third-order valence-corrected chi connectivity index (χ3v) is 3.25. The molecular formula is C16H23N3O7. The summed E-state index contributed by atoms with van der Waals surface area (Å²) in [7, 11) is 0. The molecule has 0 aliphatic carbocycles. The van der Waals surface area contributed by atoms with Gasteiger partial charge in [0.1, 0.15) is 11.7 Å². The van der Waals surface area contributed by atoms with E-state index in [1.165, 1.54) is 6.07 Å². The van der Waals surface area contributed by atoms with Crippen LogP contribution in [-0.2, 0) is 4.74 Å². The molecule has 0 radical (unpaired) electrons. The minimum atomic E-state index is -1.51. The van der Waals surface area contributed by atoms with Gasteiger partial charge >= 0.3 is 6.09 Å². The van der Waals surface area contributed by atoms with Crippen LogP contribution in [0.15, 0.2) is 18.2 Å². The Kier molecular flexibility index (Phi) is 7.04. The second-order valence-electron chi connectivity index (χ2n) is 6.66. The highest BCUT2D eigenvalue weighted by atomic mass is 16.6. The maximum atomic E-state index is 11.5. The zero-order valence-corrected chi connectivity index (χ0v) is 14.8. The number of nitrogens with zero attached hydrogens (tertiary/aromatic N) is 1. The number of nitro groups is 1. The lowest BCUT2D eigenvalue weighted by Gasteiger charge is -2.21. The Bertz CT molecular complexity index is 653. The number of primary amides is 1. The summed E-state index contributed by atoms with van der Waals surface area (Å²) < 4.78 is 5.03. The first-order valence-corrected chi connectivity index (χ1v) is 7.83. The molecule has 0 fully saturated rings. The van der Waals surface area contributed by atoms with Crippen LogP contribution in [0.25, 0.3) is 0 Å². The molecule has 0 aliphatic heterocycles. The van der Waals surface area contributed by atoms with Gasteiger partial charge in [0.05, 0.1) is 11.0 Å². The maximum Gasteiger partial charge on any atom is 0.407 e. The van der Waals surface area contributed by atoms with Crippen LogP contribution in [0, 0.1) is 10.1 Å². The fourth-order valence-electron chi connectivity index (χ4n) is 2.07. The molecule has 144 valence electrons. The number of aliphatic hydroxyl groups excluding tert-OH is 2. The van der Waals surface area contributed by atoms with Gasteiger partial charge in [-0.3, -0.25) is 14.9 Å². The molecule has 5 N–H and O–H groups in total. The average Bonchev–Trinajstić information content (AvgIpc) is 2.51. The van der Waals surface area contributed by atoms with Crippen LogP contribution in [-0.4, -0.2) is 45.4 Å². The summed E-state index contributed by atoms with van der Waals surface area (Å²) in [6.07, 6.45) is -3.57. The van der Waals surface area contributed by atoms with Crippen LogP contribution < -0.4 is 11.1 Å². The predicted molar refractivity (Wildman–Crippen MR) is 91.4 cm³/mol. The smallest absolute Gasteiger partial charge is 0.407 e. The van der Waals surface area contributed by atoms with Gasteiger partial charge in [0.25, 0.3) is 5.69 Å². The normalized spacial score (nSPS) is 13.6. The predicted octanol–water partition coefficient (Wildman–Crippen LogP) is 1.00. The van der Waals surface area contributed by atoms with E-state index in [1.54, 1.807) is 20.8 Å². The monoisotopic (exact) mass is 369 g/mol. The van der Waals surface area contributed by atoms with E-state index < -0.39 is 40.4 Å². The first-order chi connectivity index (χ1) is 11.9. The lowest BCUT2D eigenvalue weighted by Crippen LogP contribution is -2.34.